The largest absolute Gasteiger partial charge is 0.332 e. The molecule has 30 heavy (non-hydrogen) atoms. The number of hydrogen-bond donors (Lipinski definition) is 0. The van der Waals surface area contributed by atoms with Crippen LogP contribution in [0.5, 0.6) is 0 Å². The number of hydrogen-bond acceptors (Lipinski definition) is 5. The fraction of sp³-hybridized carbons (Fsp3) is 0.318. The van der Waals surface area contributed by atoms with Crippen LogP contribution in [0.3, 0.4) is 0 Å². The van der Waals surface area contributed by atoms with Gasteiger partial charge in [0.05, 0.1) is 21.9 Å². The molecular formula is C22H24N4O4. The topological polar surface area (TPSA) is 98.3 Å². The van der Waals surface area contributed by atoms with Gasteiger partial charge in [-0.1, -0.05) is 25.1 Å². The number of para-hydroxylation sites is 1. The van der Waals surface area contributed by atoms with Crippen molar-refractivity contribution < 1.29 is 9.72 Å². The van der Waals surface area contributed by atoms with Gasteiger partial charge in [0.1, 0.15) is 5.82 Å². The number of aromatic nitrogens is 2. The highest BCUT2D eigenvalue weighted by Gasteiger charge is 2.25. The van der Waals surface area contributed by atoms with Crippen LogP contribution in [0.4, 0.5) is 5.69 Å². The summed E-state index contributed by atoms with van der Waals surface area (Å²) in [5, 5.41) is 11.8. The maximum Gasteiger partial charge on any atom is 0.273 e. The van der Waals surface area contributed by atoms with Gasteiger partial charge in [0.2, 0.25) is 0 Å². The Morgan fingerprint density at radius 1 is 1.27 bits per heavy atom. The lowest BCUT2D eigenvalue weighted by molar-refractivity contribution is -0.385. The zero-order chi connectivity index (χ0) is 22.0. The molecule has 1 amide bonds. The molecule has 3 aromatic rings. The zero-order valence-corrected chi connectivity index (χ0v) is 17.5. The van der Waals surface area contributed by atoms with Crippen molar-refractivity contribution in [3.63, 3.8) is 0 Å². The first-order chi connectivity index (χ1) is 14.3. The van der Waals surface area contributed by atoms with Crippen LogP contribution in [0, 0.1) is 17.0 Å². The molecular weight excluding hydrogens is 384 g/mol. The molecule has 156 valence electrons. The molecule has 0 saturated carbocycles. The van der Waals surface area contributed by atoms with Crippen molar-refractivity contribution in [1.82, 2.24) is 14.5 Å². The Kier molecular flexibility index (Phi) is 5.96. The number of aryl methyl sites for hydroxylation is 1. The van der Waals surface area contributed by atoms with Gasteiger partial charge >= 0.3 is 0 Å². The van der Waals surface area contributed by atoms with Crippen LogP contribution in [-0.4, -0.2) is 32.3 Å². The number of nitro benzene ring substituents is 1. The number of nitrogens with zero attached hydrogens (tertiary/aromatic N) is 4. The summed E-state index contributed by atoms with van der Waals surface area (Å²) in [5.41, 5.74) is 1.03. The third-order valence-corrected chi connectivity index (χ3v) is 5.27. The van der Waals surface area contributed by atoms with Crippen LogP contribution in [-0.2, 0) is 6.54 Å². The van der Waals surface area contributed by atoms with E-state index < -0.39 is 11.0 Å². The van der Waals surface area contributed by atoms with Gasteiger partial charge in [0, 0.05) is 30.8 Å². The molecule has 0 saturated heterocycles. The van der Waals surface area contributed by atoms with E-state index in [2.05, 4.69) is 4.98 Å². The minimum Gasteiger partial charge on any atom is -0.332 e. The van der Waals surface area contributed by atoms with Crippen LogP contribution in [0.15, 0.2) is 47.3 Å². The molecule has 0 aliphatic carbocycles. The molecule has 0 N–H and O–H groups in total. The molecule has 1 heterocycles. The Bertz CT molecular complexity index is 1190. The summed E-state index contributed by atoms with van der Waals surface area (Å²) in [7, 11) is 1.61. The van der Waals surface area contributed by atoms with Crippen LogP contribution < -0.4 is 5.56 Å². The van der Waals surface area contributed by atoms with Gasteiger partial charge < -0.3 is 4.90 Å². The van der Waals surface area contributed by atoms with Gasteiger partial charge in [-0.3, -0.25) is 24.3 Å². The average molecular weight is 408 g/mol. The van der Waals surface area contributed by atoms with Crippen molar-refractivity contribution in [3.05, 3.63) is 79.9 Å². The second kappa shape index (κ2) is 8.44. The number of fused-ring (bicyclic) bond motifs is 1. The van der Waals surface area contributed by atoms with E-state index in [-0.39, 0.29) is 22.7 Å². The molecule has 1 atom stereocenters. The molecule has 0 bridgehead atoms. The molecule has 1 aromatic heterocycles. The Labute approximate surface area is 173 Å². The Hall–Kier alpha value is -3.55. The number of carbonyl (C=O) groups is 1. The van der Waals surface area contributed by atoms with Gasteiger partial charge in [0.15, 0.2) is 0 Å². The van der Waals surface area contributed by atoms with Crippen molar-refractivity contribution in [2.45, 2.75) is 39.8 Å². The fourth-order valence-corrected chi connectivity index (χ4v) is 3.44. The first-order valence-electron chi connectivity index (χ1n) is 9.78. The molecule has 3 rings (SSSR count). The van der Waals surface area contributed by atoms with E-state index in [4.69, 9.17) is 0 Å². The highest BCUT2D eigenvalue weighted by Crippen LogP contribution is 2.24. The van der Waals surface area contributed by atoms with E-state index in [9.17, 15) is 19.7 Å². The fourth-order valence-electron chi connectivity index (χ4n) is 3.44. The summed E-state index contributed by atoms with van der Waals surface area (Å²) >= 11 is 0. The maximum atomic E-state index is 13.1. The standard InChI is InChI=1S/C22H24N4O4/c1-5-12-25-20(23-18-9-7-6-8-17(18)22(25)28)15(3)24(4)21(27)16-11-10-14(2)19(13-16)26(29)30/h6-11,13,15H,5,12H2,1-4H3. The Balaban J connectivity index is 2.04. The third-order valence-electron chi connectivity index (χ3n) is 5.27. The summed E-state index contributed by atoms with van der Waals surface area (Å²) in [4.78, 5) is 42.9. The van der Waals surface area contributed by atoms with E-state index in [0.717, 1.165) is 6.42 Å². The quantitative estimate of drug-likeness (QED) is 0.456. The monoisotopic (exact) mass is 408 g/mol. The summed E-state index contributed by atoms with van der Waals surface area (Å²) in [6.45, 7) is 5.87. The lowest BCUT2D eigenvalue weighted by atomic mass is 10.1. The van der Waals surface area contributed by atoms with Crippen molar-refractivity contribution in [1.29, 1.82) is 0 Å². The SMILES string of the molecule is CCCn1c(C(C)N(C)C(=O)c2ccc(C)c([N+](=O)[O-])c2)nc2ccccc2c1=O. The van der Waals surface area contributed by atoms with Gasteiger partial charge in [-0.25, -0.2) is 4.98 Å². The highest BCUT2D eigenvalue weighted by atomic mass is 16.6. The van der Waals surface area contributed by atoms with E-state index in [1.807, 2.05) is 13.0 Å². The minimum atomic E-state index is -0.512. The second-order valence-corrected chi connectivity index (χ2v) is 7.29. The van der Waals surface area contributed by atoms with E-state index in [1.54, 1.807) is 55.8 Å². The molecule has 0 aliphatic rings. The zero-order valence-electron chi connectivity index (χ0n) is 17.5. The van der Waals surface area contributed by atoms with Gasteiger partial charge in [0.25, 0.3) is 17.2 Å². The Morgan fingerprint density at radius 3 is 2.63 bits per heavy atom. The van der Waals surface area contributed by atoms with Gasteiger partial charge in [-0.05, 0) is 38.5 Å². The molecule has 1 unspecified atom stereocenters. The molecule has 8 nitrogen and oxygen atoms in total. The van der Waals surface area contributed by atoms with Crippen molar-refractivity contribution in [2.75, 3.05) is 7.05 Å². The summed E-state index contributed by atoms with van der Waals surface area (Å²) < 4.78 is 1.61. The lowest BCUT2D eigenvalue weighted by Gasteiger charge is -2.27. The molecule has 0 fully saturated rings. The summed E-state index contributed by atoms with van der Waals surface area (Å²) in [6.07, 6.45) is 0.738. The van der Waals surface area contributed by atoms with E-state index in [0.29, 0.717) is 28.8 Å². The molecule has 0 spiro atoms. The molecule has 8 heteroatoms. The van der Waals surface area contributed by atoms with E-state index >= 15 is 0 Å². The van der Waals surface area contributed by atoms with Crippen LogP contribution in [0.25, 0.3) is 10.9 Å². The number of rotatable bonds is 6. The van der Waals surface area contributed by atoms with Crippen molar-refractivity contribution >= 4 is 22.5 Å². The van der Waals surface area contributed by atoms with E-state index in [1.165, 1.54) is 11.0 Å². The number of carbonyl (C=O) groups excluding carboxylic acids is 1. The highest BCUT2D eigenvalue weighted by molar-refractivity contribution is 5.95. The predicted octanol–water partition coefficient (Wildman–Crippen LogP) is 3.86. The second-order valence-electron chi connectivity index (χ2n) is 7.29. The van der Waals surface area contributed by atoms with Gasteiger partial charge in [-0.2, -0.15) is 0 Å². The first-order valence-corrected chi connectivity index (χ1v) is 9.78. The third kappa shape index (κ3) is 3.80. The van der Waals surface area contributed by atoms with Crippen molar-refractivity contribution in [2.24, 2.45) is 0 Å². The van der Waals surface area contributed by atoms with Crippen LogP contribution in [0.1, 0.15) is 48.1 Å². The molecule has 0 radical (unpaired) electrons. The number of amides is 1. The lowest BCUT2D eigenvalue weighted by Crippen LogP contribution is -2.35. The number of benzene rings is 2. The van der Waals surface area contributed by atoms with Crippen LogP contribution in [0.2, 0.25) is 0 Å². The normalized spacial score (nSPS) is 12.0. The smallest absolute Gasteiger partial charge is 0.273 e. The number of nitro groups is 1. The van der Waals surface area contributed by atoms with Crippen molar-refractivity contribution in [3.8, 4) is 0 Å². The molecule has 2 aromatic carbocycles. The summed E-state index contributed by atoms with van der Waals surface area (Å²) in [5.74, 6) is 0.106. The maximum absolute atomic E-state index is 13.1. The summed E-state index contributed by atoms with van der Waals surface area (Å²) in [6, 6.07) is 11.0. The first kappa shape index (κ1) is 21.2. The minimum absolute atomic E-state index is 0.103. The van der Waals surface area contributed by atoms with Gasteiger partial charge in [-0.15, -0.1) is 0 Å². The predicted molar refractivity (Wildman–Crippen MR) is 115 cm³/mol. The average Bonchev–Trinajstić information content (AvgIpc) is 2.74. The molecule has 0 aliphatic heterocycles. The van der Waals surface area contributed by atoms with Crippen LogP contribution >= 0.6 is 0 Å². The Morgan fingerprint density at radius 2 is 1.97 bits per heavy atom.